The summed E-state index contributed by atoms with van der Waals surface area (Å²) < 4.78 is 5.24. The van der Waals surface area contributed by atoms with Crippen LogP contribution in [0.15, 0.2) is 48.5 Å². The molecule has 112 valence electrons. The maximum Gasteiger partial charge on any atom is 0.322 e. The number of ketones is 1. The third-order valence-corrected chi connectivity index (χ3v) is 4.14. The summed E-state index contributed by atoms with van der Waals surface area (Å²) in [5, 5.41) is 0. The zero-order chi connectivity index (χ0) is 15.9. The van der Waals surface area contributed by atoms with Crippen LogP contribution in [-0.2, 0) is 14.3 Å². The first-order valence-electron chi connectivity index (χ1n) is 7.33. The van der Waals surface area contributed by atoms with Crippen molar-refractivity contribution in [1.29, 1.82) is 0 Å². The standard InChI is InChI=1S/C19H18O3/c1-12-9-10-14(13-7-5-4-6-8-13)11-15(12)16-17(20)19(2,3)22-18(16)21/h4-11,16H,1-3H3. The largest absolute Gasteiger partial charge is 0.451 e. The van der Waals surface area contributed by atoms with Crippen molar-refractivity contribution in [2.45, 2.75) is 32.3 Å². The van der Waals surface area contributed by atoms with Crippen LogP contribution in [0.5, 0.6) is 0 Å². The van der Waals surface area contributed by atoms with Gasteiger partial charge in [0.1, 0.15) is 5.92 Å². The summed E-state index contributed by atoms with van der Waals surface area (Å²) in [6.45, 7) is 5.20. The van der Waals surface area contributed by atoms with Crippen LogP contribution in [0.1, 0.15) is 30.9 Å². The van der Waals surface area contributed by atoms with Crippen LogP contribution in [0.3, 0.4) is 0 Å². The van der Waals surface area contributed by atoms with E-state index in [1.807, 2.05) is 55.5 Å². The summed E-state index contributed by atoms with van der Waals surface area (Å²) in [4.78, 5) is 24.6. The number of Topliss-reactive ketones (excluding diaryl/α,β-unsaturated/α-hetero) is 1. The van der Waals surface area contributed by atoms with Gasteiger partial charge in [-0.2, -0.15) is 0 Å². The van der Waals surface area contributed by atoms with Gasteiger partial charge >= 0.3 is 5.97 Å². The first kappa shape index (κ1) is 14.5. The van der Waals surface area contributed by atoms with E-state index in [0.29, 0.717) is 0 Å². The van der Waals surface area contributed by atoms with Gasteiger partial charge in [0.2, 0.25) is 0 Å². The van der Waals surface area contributed by atoms with Gasteiger partial charge in [-0.05, 0) is 49.1 Å². The number of hydrogen-bond acceptors (Lipinski definition) is 3. The monoisotopic (exact) mass is 294 g/mol. The summed E-state index contributed by atoms with van der Waals surface area (Å²) in [6, 6.07) is 15.8. The Labute approximate surface area is 129 Å². The number of ether oxygens (including phenoxy) is 1. The maximum atomic E-state index is 12.5. The molecule has 2 aromatic rings. The fourth-order valence-electron chi connectivity index (χ4n) is 2.85. The van der Waals surface area contributed by atoms with Crippen LogP contribution in [0.4, 0.5) is 0 Å². The molecular weight excluding hydrogens is 276 g/mol. The Balaban J connectivity index is 2.08. The van der Waals surface area contributed by atoms with Crippen molar-refractivity contribution >= 4 is 11.8 Å². The molecule has 1 aliphatic rings. The molecule has 1 unspecified atom stereocenters. The number of benzene rings is 2. The molecule has 0 aromatic heterocycles. The molecule has 0 bridgehead atoms. The first-order chi connectivity index (χ1) is 10.4. The minimum atomic E-state index is -1.04. The number of carbonyl (C=O) groups is 2. The van der Waals surface area contributed by atoms with Gasteiger partial charge in [0.15, 0.2) is 11.4 Å². The van der Waals surface area contributed by atoms with E-state index < -0.39 is 17.5 Å². The number of rotatable bonds is 2. The molecule has 2 aromatic carbocycles. The molecule has 1 atom stereocenters. The van der Waals surface area contributed by atoms with Crippen LogP contribution in [0.2, 0.25) is 0 Å². The lowest BCUT2D eigenvalue weighted by Gasteiger charge is -2.14. The Morgan fingerprint density at radius 3 is 2.23 bits per heavy atom. The second-order valence-corrected chi connectivity index (χ2v) is 6.17. The van der Waals surface area contributed by atoms with E-state index in [9.17, 15) is 9.59 Å². The molecule has 0 amide bonds. The second kappa shape index (κ2) is 5.09. The molecule has 1 fully saturated rings. The minimum Gasteiger partial charge on any atom is -0.451 e. The number of hydrogen-bond donors (Lipinski definition) is 0. The highest BCUT2D eigenvalue weighted by molar-refractivity contribution is 6.13. The van der Waals surface area contributed by atoms with Crippen molar-refractivity contribution in [3.63, 3.8) is 0 Å². The van der Waals surface area contributed by atoms with Crippen LogP contribution in [0.25, 0.3) is 11.1 Å². The molecule has 0 aliphatic carbocycles. The molecule has 1 heterocycles. The molecule has 0 N–H and O–H groups in total. The van der Waals surface area contributed by atoms with E-state index in [4.69, 9.17) is 4.74 Å². The molecule has 3 nitrogen and oxygen atoms in total. The van der Waals surface area contributed by atoms with Crippen LogP contribution < -0.4 is 0 Å². The number of aryl methyl sites for hydroxylation is 1. The number of esters is 1. The quantitative estimate of drug-likeness (QED) is 0.627. The molecule has 3 rings (SSSR count). The third kappa shape index (κ3) is 2.33. The van der Waals surface area contributed by atoms with Gasteiger partial charge in [-0.15, -0.1) is 0 Å². The molecule has 0 saturated carbocycles. The predicted molar refractivity (Wildman–Crippen MR) is 84.5 cm³/mol. The van der Waals surface area contributed by atoms with Gasteiger partial charge in [-0.3, -0.25) is 9.59 Å². The van der Waals surface area contributed by atoms with Gasteiger partial charge in [-0.25, -0.2) is 0 Å². The fourth-order valence-corrected chi connectivity index (χ4v) is 2.85. The van der Waals surface area contributed by atoms with Crippen LogP contribution >= 0.6 is 0 Å². The van der Waals surface area contributed by atoms with E-state index >= 15 is 0 Å². The lowest BCUT2D eigenvalue weighted by atomic mass is 9.86. The topological polar surface area (TPSA) is 43.4 Å². The van der Waals surface area contributed by atoms with E-state index in [0.717, 1.165) is 22.3 Å². The zero-order valence-electron chi connectivity index (χ0n) is 12.9. The molecular formula is C19H18O3. The summed E-state index contributed by atoms with van der Waals surface area (Å²) in [7, 11) is 0. The average Bonchev–Trinajstić information content (AvgIpc) is 2.69. The van der Waals surface area contributed by atoms with Crippen molar-refractivity contribution in [2.75, 3.05) is 0 Å². The van der Waals surface area contributed by atoms with E-state index in [1.54, 1.807) is 13.8 Å². The lowest BCUT2D eigenvalue weighted by Crippen LogP contribution is -2.29. The maximum absolute atomic E-state index is 12.5. The summed E-state index contributed by atoms with van der Waals surface area (Å²) in [5.41, 5.74) is 2.67. The first-order valence-corrected chi connectivity index (χ1v) is 7.33. The smallest absolute Gasteiger partial charge is 0.322 e. The SMILES string of the molecule is Cc1ccc(-c2ccccc2)cc1C1C(=O)OC(C)(C)C1=O. The average molecular weight is 294 g/mol. The van der Waals surface area contributed by atoms with E-state index in [1.165, 1.54) is 0 Å². The Morgan fingerprint density at radius 1 is 0.955 bits per heavy atom. The van der Waals surface area contributed by atoms with Crippen molar-refractivity contribution in [1.82, 2.24) is 0 Å². The Morgan fingerprint density at radius 2 is 1.64 bits per heavy atom. The molecule has 22 heavy (non-hydrogen) atoms. The highest BCUT2D eigenvalue weighted by Gasteiger charge is 2.50. The Kier molecular flexibility index (Phi) is 3.36. The van der Waals surface area contributed by atoms with Gasteiger partial charge in [0.05, 0.1) is 0 Å². The van der Waals surface area contributed by atoms with Crippen LogP contribution in [-0.4, -0.2) is 17.4 Å². The molecule has 1 aliphatic heterocycles. The number of carbonyl (C=O) groups excluding carboxylic acids is 2. The highest BCUT2D eigenvalue weighted by Crippen LogP contribution is 2.36. The summed E-state index contributed by atoms with van der Waals surface area (Å²) >= 11 is 0. The molecule has 0 spiro atoms. The van der Waals surface area contributed by atoms with Crippen LogP contribution in [0, 0.1) is 6.92 Å². The molecule has 1 saturated heterocycles. The van der Waals surface area contributed by atoms with Crippen molar-refractivity contribution in [2.24, 2.45) is 0 Å². The summed E-state index contributed by atoms with van der Waals surface area (Å²) in [6.07, 6.45) is 0. The van der Waals surface area contributed by atoms with Crippen molar-refractivity contribution in [3.05, 3.63) is 59.7 Å². The second-order valence-electron chi connectivity index (χ2n) is 6.17. The van der Waals surface area contributed by atoms with E-state index in [-0.39, 0.29) is 5.78 Å². The lowest BCUT2D eigenvalue weighted by molar-refractivity contribution is -0.148. The van der Waals surface area contributed by atoms with Gasteiger partial charge < -0.3 is 4.74 Å². The minimum absolute atomic E-state index is 0.175. The highest BCUT2D eigenvalue weighted by atomic mass is 16.6. The Hall–Kier alpha value is -2.42. The van der Waals surface area contributed by atoms with Gasteiger partial charge in [0, 0.05) is 0 Å². The van der Waals surface area contributed by atoms with Gasteiger partial charge in [-0.1, -0.05) is 42.5 Å². The summed E-state index contributed by atoms with van der Waals surface area (Å²) in [5.74, 6) is -1.45. The van der Waals surface area contributed by atoms with Crippen molar-refractivity contribution < 1.29 is 14.3 Å². The zero-order valence-corrected chi connectivity index (χ0v) is 12.9. The van der Waals surface area contributed by atoms with E-state index in [2.05, 4.69) is 0 Å². The predicted octanol–water partition coefficient (Wildman–Crippen LogP) is 3.65. The third-order valence-electron chi connectivity index (χ3n) is 4.14. The van der Waals surface area contributed by atoms with Crippen molar-refractivity contribution in [3.8, 4) is 11.1 Å². The normalized spacial score (nSPS) is 20.0. The fraction of sp³-hybridized carbons (Fsp3) is 0.263. The molecule has 0 radical (unpaired) electrons. The number of cyclic esters (lactones) is 1. The van der Waals surface area contributed by atoms with Gasteiger partial charge in [0.25, 0.3) is 0 Å². The Bertz CT molecular complexity index is 745. The molecule has 3 heteroatoms.